The minimum Gasteiger partial charge on any atom is -0.445 e. The summed E-state index contributed by atoms with van der Waals surface area (Å²) >= 11 is 16.6. The summed E-state index contributed by atoms with van der Waals surface area (Å²) in [6.07, 6.45) is -3.79. The first kappa shape index (κ1) is 16.5. The smallest absolute Gasteiger partial charge is 0.265 e. The largest absolute Gasteiger partial charge is 0.445 e. The van der Waals surface area contributed by atoms with Crippen LogP contribution < -0.4 is 0 Å². The lowest BCUT2D eigenvalue weighted by molar-refractivity contribution is -0.249. The van der Waals surface area contributed by atoms with E-state index in [0.29, 0.717) is 0 Å². The normalized spacial score (nSPS) is 40.2. The van der Waals surface area contributed by atoms with E-state index in [2.05, 4.69) is 0 Å². The summed E-state index contributed by atoms with van der Waals surface area (Å²) in [5, 5.41) is 17.7. The van der Waals surface area contributed by atoms with Crippen molar-refractivity contribution in [1.29, 1.82) is 5.41 Å². The number of rotatable bonds is 1. The van der Waals surface area contributed by atoms with E-state index in [9.17, 15) is 5.11 Å². The molecule has 2 heterocycles. The Morgan fingerprint density at radius 2 is 1.80 bits per heavy atom. The molecule has 0 aromatic rings. The second-order valence-corrected chi connectivity index (χ2v) is 7.49. The number of fused-ring (bicyclic) bond motifs is 1. The molecule has 5 atom stereocenters. The third-order valence-corrected chi connectivity index (χ3v) is 3.60. The average Bonchev–Trinajstić information content (AvgIpc) is 2.61. The Kier molecular flexibility index (Phi) is 4.49. The number of alkyl halides is 3. The lowest BCUT2D eigenvalue weighted by atomic mass is 10.0. The molecular weight excluding hydrogens is 332 g/mol. The fourth-order valence-electron chi connectivity index (χ4n) is 2.25. The summed E-state index contributed by atoms with van der Waals surface area (Å²) in [7, 11) is 0. The van der Waals surface area contributed by atoms with E-state index in [-0.39, 0.29) is 0 Å². The van der Waals surface area contributed by atoms with Crippen molar-refractivity contribution in [3.8, 4) is 0 Å². The molecular formula is C11H16Cl3NO5. The van der Waals surface area contributed by atoms with Crippen LogP contribution in [0, 0.1) is 5.41 Å². The van der Waals surface area contributed by atoms with Gasteiger partial charge in [0.2, 0.25) is 12.2 Å². The molecule has 6 nitrogen and oxygen atoms in total. The van der Waals surface area contributed by atoms with E-state index in [4.69, 9.17) is 59.2 Å². The van der Waals surface area contributed by atoms with Crippen LogP contribution in [0.5, 0.6) is 0 Å². The first-order valence-corrected chi connectivity index (χ1v) is 7.16. The fourth-order valence-corrected chi connectivity index (χ4v) is 2.38. The van der Waals surface area contributed by atoms with Crippen molar-refractivity contribution in [2.45, 2.75) is 61.1 Å². The van der Waals surface area contributed by atoms with E-state index in [1.807, 2.05) is 0 Å². The molecule has 2 fully saturated rings. The van der Waals surface area contributed by atoms with Gasteiger partial charge in [-0.05, 0) is 20.8 Å². The lowest BCUT2D eigenvalue weighted by Crippen LogP contribution is -2.56. The standard InChI is InChI=1S/C11H16Cl3NO5/c1-4-6-7(20-10(2,3)19-6)5(16)8(17-4)18-9(15)11(12,13)14/h4-8,15-16H,1-3H3/t4?,5-,6+,7?,8-/m1/s1. The Balaban J connectivity index is 2.09. The average molecular weight is 349 g/mol. The Labute approximate surface area is 131 Å². The molecule has 116 valence electrons. The molecule has 9 heteroatoms. The maximum Gasteiger partial charge on any atom is 0.265 e. The number of halogens is 3. The summed E-state index contributed by atoms with van der Waals surface area (Å²) in [5.74, 6) is -1.46. The van der Waals surface area contributed by atoms with E-state index in [1.165, 1.54) is 0 Å². The van der Waals surface area contributed by atoms with Gasteiger partial charge in [-0.3, -0.25) is 5.41 Å². The maximum absolute atomic E-state index is 10.2. The molecule has 0 spiro atoms. The second-order valence-electron chi connectivity index (χ2n) is 5.21. The Bertz CT molecular complexity index is 400. The third kappa shape index (κ3) is 3.32. The molecule has 2 aliphatic heterocycles. The second kappa shape index (κ2) is 5.43. The minimum absolute atomic E-state index is 0.404. The van der Waals surface area contributed by atoms with E-state index >= 15 is 0 Å². The zero-order chi connectivity index (χ0) is 15.3. The molecule has 0 saturated carbocycles. The van der Waals surface area contributed by atoms with Crippen molar-refractivity contribution in [3.63, 3.8) is 0 Å². The first-order chi connectivity index (χ1) is 9.01. The zero-order valence-electron chi connectivity index (χ0n) is 11.1. The predicted molar refractivity (Wildman–Crippen MR) is 73.3 cm³/mol. The van der Waals surface area contributed by atoms with E-state index < -0.39 is 46.2 Å². The lowest BCUT2D eigenvalue weighted by Gasteiger charge is -2.38. The molecule has 2 N–H and O–H groups in total. The van der Waals surface area contributed by atoms with Crippen molar-refractivity contribution in [1.82, 2.24) is 0 Å². The molecule has 0 radical (unpaired) electrons. The number of nitrogens with one attached hydrogen (secondary N) is 1. The van der Waals surface area contributed by atoms with Gasteiger partial charge in [0.05, 0.1) is 6.10 Å². The van der Waals surface area contributed by atoms with Crippen LogP contribution in [-0.4, -0.2) is 51.3 Å². The quantitative estimate of drug-likeness (QED) is 0.430. The van der Waals surface area contributed by atoms with Crippen LogP contribution in [-0.2, 0) is 18.9 Å². The van der Waals surface area contributed by atoms with Crippen LogP contribution in [0.3, 0.4) is 0 Å². The molecule has 0 aliphatic carbocycles. The predicted octanol–water partition coefficient (Wildman–Crippen LogP) is 1.98. The van der Waals surface area contributed by atoms with Gasteiger partial charge in [0.15, 0.2) is 5.79 Å². The molecule has 0 aromatic carbocycles. The Morgan fingerprint density at radius 3 is 2.35 bits per heavy atom. The number of hydrogen-bond donors (Lipinski definition) is 2. The van der Waals surface area contributed by atoms with Gasteiger partial charge in [-0.15, -0.1) is 0 Å². The topological polar surface area (TPSA) is 81.0 Å². The number of hydrogen-bond acceptors (Lipinski definition) is 6. The maximum atomic E-state index is 10.2. The van der Waals surface area contributed by atoms with Gasteiger partial charge in [-0.25, -0.2) is 0 Å². The van der Waals surface area contributed by atoms with Crippen molar-refractivity contribution >= 4 is 40.7 Å². The van der Waals surface area contributed by atoms with Crippen LogP contribution in [0.4, 0.5) is 0 Å². The first-order valence-electron chi connectivity index (χ1n) is 6.03. The number of aliphatic hydroxyl groups excluding tert-OH is 1. The van der Waals surface area contributed by atoms with Gasteiger partial charge in [0.25, 0.3) is 3.79 Å². The van der Waals surface area contributed by atoms with Gasteiger partial charge in [-0.1, -0.05) is 34.8 Å². The highest BCUT2D eigenvalue weighted by Crippen LogP contribution is 2.38. The minimum atomic E-state index is -2.02. The molecule has 2 aliphatic rings. The monoisotopic (exact) mass is 347 g/mol. The molecule has 2 saturated heterocycles. The number of ether oxygens (including phenoxy) is 4. The van der Waals surface area contributed by atoms with Crippen LogP contribution in [0.15, 0.2) is 0 Å². The van der Waals surface area contributed by atoms with Crippen molar-refractivity contribution in [3.05, 3.63) is 0 Å². The highest BCUT2D eigenvalue weighted by atomic mass is 35.6. The van der Waals surface area contributed by atoms with Gasteiger partial charge >= 0.3 is 0 Å². The summed E-state index contributed by atoms with van der Waals surface area (Å²) < 4.78 is 19.8. The van der Waals surface area contributed by atoms with Crippen LogP contribution in [0.25, 0.3) is 0 Å². The Hall–Kier alpha value is 0.180. The van der Waals surface area contributed by atoms with Crippen molar-refractivity contribution in [2.24, 2.45) is 0 Å². The zero-order valence-corrected chi connectivity index (χ0v) is 13.4. The van der Waals surface area contributed by atoms with Crippen LogP contribution in [0.1, 0.15) is 20.8 Å². The number of aliphatic hydroxyl groups is 1. The van der Waals surface area contributed by atoms with E-state index in [1.54, 1.807) is 20.8 Å². The Morgan fingerprint density at radius 1 is 1.25 bits per heavy atom. The highest BCUT2D eigenvalue weighted by Gasteiger charge is 2.54. The summed E-state index contributed by atoms with van der Waals surface area (Å²) in [6, 6.07) is 0. The van der Waals surface area contributed by atoms with Crippen LogP contribution >= 0.6 is 34.8 Å². The summed E-state index contributed by atoms with van der Waals surface area (Å²) in [4.78, 5) is 0. The van der Waals surface area contributed by atoms with Crippen molar-refractivity contribution < 1.29 is 24.1 Å². The van der Waals surface area contributed by atoms with Gasteiger partial charge in [0.1, 0.15) is 18.3 Å². The van der Waals surface area contributed by atoms with Gasteiger partial charge in [-0.2, -0.15) is 0 Å². The van der Waals surface area contributed by atoms with Crippen molar-refractivity contribution in [2.75, 3.05) is 0 Å². The van der Waals surface area contributed by atoms with E-state index in [0.717, 1.165) is 0 Å². The third-order valence-electron chi connectivity index (χ3n) is 3.08. The molecule has 0 amide bonds. The van der Waals surface area contributed by atoms with Gasteiger partial charge < -0.3 is 24.1 Å². The molecule has 0 aromatic heterocycles. The van der Waals surface area contributed by atoms with Gasteiger partial charge in [0, 0.05) is 0 Å². The highest BCUT2D eigenvalue weighted by molar-refractivity contribution is 6.76. The van der Waals surface area contributed by atoms with Crippen LogP contribution in [0.2, 0.25) is 0 Å². The molecule has 0 bridgehead atoms. The molecule has 20 heavy (non-hydrogen) atoms. The fraction of sp³-hybridized carbons (Fsp3) is 0.909. The SMILES string of the molecule is CC1O[C@H](OC(=N)C(Cl)(Cl)Cl)[C@H](O)C2OC(C)(C)O[C@@H]12. The molecule has 2 unspecified atom stereocenters. The summed E-state index contributed by atoms with van der Waals surface area (Å²) in [5.41, 5.74) is 0. The summed E-state index contributed by atoms with van der Waals surface area (Å²) in [6.45, 7) is 5.23. The molecule has 2 rings (SSSR count).